The average molecular weight is 335 g/mol. The number of hydrogen-bond donors (Lipinski definition) is 1. The molecular weight excluding hydrogens is 305 g/mol. The molecule has 1 unspecified atom stereocenters. The SMILES string of the molecule is CCC(C(=O)NC1CCN(Cc2ccc(F)cc2)CC1)N(C)CC. The Morgan fingerprint density at radius 3 is 2.46 bits per heavy atom. The molecule has 134 valence electrons. The summed E-state index contributed by atoms with van der Waals surface area (Å²) in [5.74, 6) is -0.0402. The lowest BCUT2D eigenvalue weighted by molar-refractivity contribution is -0.127. The number of carbonyl (C=O) groups is 1. The molecule has 1 aliphatic heterocycles. The van der Waals surface area contributed by atoms with E-state index in [0.717, 1.165) is 51.0 Å². The number of nitrogens with one attached hydrogen (secondary N) is 1. The second kappa shape index (κ2) is 9.14. The van der Waals surface area contributed by atoms with Crippen molar-refractivity contribution in [3.63, 3.8) is 0 Å². The first-order valence-electron chi connectivity index (χ1n) is 9.00. The van der Waals surface area contributed by atoms with Gasteiger partial charge in [-0.25, -0.2) is 4.39 Å². The molecule has 1 N–H and O–H groups in total. The first-order valence-corrected chi connectivity index (χ1v) is 9.00. The van der Waals surface area contributed by atoms with E-state index in [1.807, 2.05) is 19.2 Å². The van der Waals surface area contributed by atoms with Gasteiger partial charge in [0.15, 0.2) is 0 Å². The molecule has 1 aromatic carbocycles. The van der Waals surface area contributed by atoms with Crippen molar-refractivity contribution in [2.24, 2.45) is 0 Å². The Balaban J connectivity index is 1.78. The van der Waals surface area contributed by atoms with E-state index in [-0.39, 0.29) is 23.8 Å². The highest BCUT2D eigenvalue weighted by Crippen LogP contribution is 2.15. The Morgan fingerprint density at radius 2 is 1.92 bits per heavy atom. The molecule has 0 spiro atoms. The highest BCUT2D eigenvalue weighted by Gasteiger charge is 2.25. The van der Waals surface area contributed by atoms with Crippen LogP contribution < -0.4 is 5.32 Å². The van der Waals surface area contributed by atoms with Crippen LogP contribution >= 0.6 is 0 Å². The summed E-state index contributed by atoms with van der Waals surface area (Å²) in [7, 11) is 2.00. The fraction of sp³-hybridized carbons (Fsp3) is 0.632. The van der Waals surface area contributed by atoms with Gasteiger partial charge in [0, 0.05) is 25.7 Å². The first kappa shape index (κ1) is 18.9. The summed E-state index contributed by atoms with van der Waals surface area (Å²) in [5.41, 5.74) is 1.13. The highest BCUT2D eigenvalue weighted by molar-refractivity contribution is 5.81. The van der Waals surface area contributed by atoms with Crippen molar-refractivity contribution < 1.29 is 9.18 Å². The summed E-state index contributed by atoms with van der Waals surface area (Å²) in [6.45, 7) is 7.77. The molecule has 1 aromatic rings. The molecule has 1 heterocycles. The second-order valence-electron chi connectivity index (χ2n) is 6.68. The summed E-state index contributed by atoms with van der Waals surface area (Å²) in [4.78, 5) is 16.9. The van der Waals surface area contributed by atoms with Crippen molar-refractivity contribution in [2.45, 2.75) is 51.7 Å². The molecule has 24 heavy (non-hydrogen) atoms. The Kier molecular flexibility index (Phi) is 7.18. The van der Waals surface area contributed by atoms with Gasteiger partial charge >= 0.3 is 0 Å². The first-order chi connectivity index (χ1) is 11.5. The zero-order chi connectivity index (χ0) is 17.5. The summed E-state index contributed by atoms with van der Waals surface area (Å²) in [5, 5.41) is 3.22. The highest BCUT2D eigenvalue weighted by atomic mass is 19.1. The zero-order valence-electron chi connectivity index (χ0n) is 15.1. The van der Waals surface area contributed by atoms with Crippen LogP contribution in [0.5, 0.6) is 0 Å². The van der Waals surface area contributed by atoms with Crippen LogP contribution in [0.3, 0.4) is 0 Å². The minimum absolute atomic E-state index is 0.0350. The zero-order valence-corrected chi connectivity index (χ0v) is 15.1. The number of halogens is 1. The largest absolute Gasteiger partial charge is 0.352 e. The fourth-order valence-electron chi connectivity index (χ4n) is 3.30. The van der Waals surface area contributed by atoms with E-state index < -0.39 is 0 Å². The molecule has 0 bridgehead atoms. The third kappa shape index (κ3) is 5.28. The number of nitrogens with zero attached hydrogens (tertiary/aromatic N) is 2. The Hall–Kier alpha value is -1.46. The lowest BCUT2D eigenvalue weighted by Gasteiger charge is -2.34. The summed E-state index contributed by atoms with van der Waals surface area (Å²) >= 11 is 0. The lowest BCUT2D eigenvalue weighted by Crippen LogP contribution is -2.51. The Bertz CT molecular complexity index is 512. The van der Waals surface area contributed by atoms with E-state index in [2.05, 4.69) is 29.0 Å². The van der Waals surface area contributed by atoms with Crippen LogP contribution in [0.2, 0.25) is 0 Å². The number of benzene rings is 1. The third-order valence-electron chi connectivity index (χ3n) is 4.97. The molecule has 0 aromatic heterocycles. The van der Waals surface area contributed by atoms with Crippen LogP contribution in [-0.4, -0.2) is 54.5 Å². The maximum atomic E-state index is 13.0. The van der Waals surface area contributed by atoms with E-state index in [1.54, 1.807) is 0 Å². The Labute approximate surface area is 145 Å². The average Bonchev–Trinajstić information content (AvgIpc) is 2.59. The van der Waals surface area contributed by atoms with Gasteiger partial charge < -0.3 is 5.32 Å². The van der Waals surface area contributed by atoms with E-state index in [0.29, 0.717) is 0 Å². The number of rotatable bonds is 7. The molecule has 2 rings (SSSR count). The van der Waals surface area contributed by atoms with Crippen LogP contribution in [-0.2, 0) is 11.3 Å². The van der Waals surface area contributed by atoms with Gasteiger partial charge in [-0.2, -0.15) is 0 Å². The summed E-state index contributed by atoms with van der Waals surface area (Å²) in [6.07, 6.45) is 2.78. The quantitative estimate of drug-likeness (QED) is 0.832. The van der Waals surface area contributed by atoms with Gasteiger partial charge in [0.1, 0.15) is 5.82 Å². The van der Waals surface area contributed by atoms with E-state index in [1.165, 1.54) is 12.1 Å². The number of likely N-dealkylation sites (N-methyl/N-ethyl adjacent to an activating group) is 1. The standard InChI is InChI=1S/C19H30FN3O/c1-4-18(22(3)5-2)19(24)21-17-10-12-23(13-11-17)14-15-6-8-16(20)9-7-15/h6-9,17-18H,4-5,10-14H2,1-3H3,(H,21,24). The van der Waals surface area contributed by atoms with Crippen LogP contribution in [0.25, 0.3) is 0 Å². The van der Waals surface area contributed by atoms with Gasteiger partial charge in [-0.3, -0.25) is 14.6 Å². The molecule has 0 saturated carbocycles. The van der Waals surface area contributed by atoms with Gasteiger partial charge in [0.25, 0.3) is 0 Å². The van der Waals surface area contributed by atoms with Crippen molar-refractivity contribution >= 4 is 5.91 Å². The summed E-state index contributed by atoms with van der Waals surface area (Å²) < 4.78 is 13.0. The molecule has 1 amide bonds. The van der Waals surface area contributed by atoms with Crippen LogP contribution in [0.4, 0.5) is 4.39 Å². The number of carbonyl (C=O) groups excluding carboxylic acids is 1. The van der Waals surface area contributed by atoms with Gasteiger partial charge in [-0.15, -0.1) is 0 Å². The van der Waals surface area contributed by atoms with Crippen LogP contribution in [0, 0.1) is 5.82 Å². The number of hydrogen-bond acceptors (Lipinski definition) is 3. The smallest absolute Gasteiger partial charge is 0.237 e. The molecule has 1 saturated heterocycles. The topological polar surface area (TPSA) is 35.6 Å². The number of likely N-dealkylation sites (tertiary alicyclic amines) is 1. The van der Waals surface area contributed by atoms with E-state index in [9.17, 15) is 9.18 Å². The minimum atomic E-state index is -0.192. The van der Waals surface area contributed by atoms with Gasteiger partial charge in [0.2, 0.25) is 5.91 Å². The third-order valence-corrected chi connectivity index (χ3v) is 4.97. The lowest BCUT2D eigenvalue weighted by atomic mass is 10.0. The molecule has 1 fully saturated rings. The fourth-order valence-corrected chi connectivity index (χ4v) is 3.30. The number of piperidine rings is 1. The van der Waals surface area contributed by atoms with E-state index >= 15 is 0 Å². The van der Waals surface area contributed by atoms with Crippen LogP contribution in [0.1, 0.15) is 38.7 Å². The predicted molar refractivity (Wildman–Crippen MR) is 95.2 cm³/mol. The van der Waals surface area contributed by atoms with E-state index in [4.69, 9.17) is 0 Å². The minimum Gasteiger partial charge on any atom is -0.352 e. The maximum Gasteiger partial charge on any atom is 0.237 e. The normalized spacial score (nSPS) is 17.9. The van der Waals surface area contributed by atoms with Crippen molar-refractivity contribution in [2.75, 3.05) is 26.7 Å². The maximum absolute atomic E-state index is 13.0. The summed E-state index contributed by atoms with van der Waals surface area (Å²) in [6, 6.07) is 6.94. The van der Waals surface area contributed by atoms with Crippen molar-refractivity contribution in [3.8, 4) is 0 Å². The molecule has 0 radical (unpaired) electrons. The van der Waals surface area contributed by atoms with Crippen molar-refractivity contribution in [1.82, 2.24) is 15.1 Å². The Morgan fingerprint density at radius 1 is 1.29 bits per heavy atom. The molecule has 5 heteroatoms. The molecule has 1 aliphatic rings. The molecule has 0 aliphatic carbocycles. The number of amides is 1. The van der Waals surface area contributed by atoms with Gasteiger partial charge in [-0.05, 0) is 50.6 Å². The van der Waals surface area contributed by atoms with Crippen molar-refractivity contribution in [3.05, 3.63) is 35.6 Å². The van der Waals surface area contributed by atoms with Crippen LogP contribution in [0.15, 0.2) is 24.3 Å². The second-order valence-corrected chi connectivity index (χ2v) is 6.68. The molecule has 4 nitrogen and oxygen atoms in total. The monoisotopic (exact) mass is 335 g/mol. The predicted octanol–water partition coefficient (Wildman–Crippen LogP) is 2.64. The van der Waals surface area contributed by atoms with Gasteiger partial charge in [-0.1, -0.05) is 26.0 Å². The van der Waals surface area contributed by atoms with Gasteiger partial charge in [0.05, 0.1) is 6.04 Å². The molecule has 1 atom stereocenters. The van der Waals surface area contributed by atoms with Crippen molar-refractivity contribution in [1.29, 1.82) is 0 Å². The molecular formula is C19H30FN3O.